The summed E-state index contributed by atoms with van der Waals surface area (Å²) in [4.78, 5) is 26.8. The van der Waals surface area contributed by atoms with Crippen LogP contribution in [-0.2, 0) is 4.79 Å². The Hall–Kier alpha value is -1.30. The number of nitrogens with one attached hydrogen (secondary N) is 1. The summed E-state index contributed by atoms with van der Waals surface area (Å²) in [5, 5.41) is 12.0. The van der Waals surface area contributed by atoms with Crippen molar-refractivity contribution in [2.75, 3.05) is 33.7 Å². The van der Waals surface area contributed by atoms with Crippen LogP contribution in [-0.4, -0.2) is 66.2 Å². The summed E-state index contributed by atoms with van der Waals surface area (Å²) in [7, 11) is 4.03. The van der Waals surface area contributed by atoms with Gasteiger partial charge in [-0.2, -0.15) is 0 Å². The first-order valence-corrected chi connectivity index (χ1v) is 6.81. The number of carboxylic acid groups (broad SMARTS) is 1. The first-order chi connectivity index (χ1) is 8.88. The number of carboxylic acids is 1. The Labute approximate surface area is 114 Å². The lowest BCUT2D eigenvalue weighted by molar-refractivity contribution is -0.147. The SMILES string of the molecule is CN(C)CCCCNC(=O)N1CCCC1(C)C(=O)O. The summed E-state index contributed by atoms with van der Waals surface area (Å²) in [6, 6.07) is -0.257. The molecule has 6 heteroatoms. The minimum Gasteiger partial charge on any atom is -0.480 e. The van der Waals surface area contributed by atoms with E-state index in [1.165, 1.54) is 4.90 Å². The summed E-state index contributed by atoms with van der Waals surface area (Å²) >= 11 is 0. The Bertz CT molecular complexity index is 333. The summed E-state index contributed by atoms with van der Waals surface area (Å²) in [5.41, 5.74) is -1.05. The van der Waals surface area contributed by atoms with Crippen LogP contribution < -0.4 is 5.32 Å². The predicted octanol–water partition coefficient (Wildman–Crippen LogP) is 0.977. The fourth-order valence-electron chi connectivity index (χ4n) is 2.35. The average molecular weight is 271 g/mol. The minimum absolute atomic E-state index is 0.257. The lowest BCUT2D eigenvalue weighted by atomic mass is 10.00. The highest BCUT2D eigenvalue weighted by molar-refractivity contribution is 5.86. The zero-order chi connectivity index (χ0) is 14.5. The van der Waals surface area contributed by atoms with E-state index in [9.17, 15) is 14.7 Å². The first kappa shape index (κ1) is 15.8. The number of likely N-dealkylation sites (tertiary alicyclic amines) is 1. The van der Waals surface area contributed by atoms with Gasteiger partial charge in [0.2, 0.25) is 0 Å². The fraction of sp³-hybridized carbons (Fsp3) is 0.846. The number of urea groups is 1. The highest BCUT2D eigenvalue weighted by Gasteiger charge is 2.45. The van der Waals surface area contributed by atoms with Crippen LogP contribution in [0.15, 0.2) is 0 Å². The van der Waals surface area contributed by atoms with E-state index in [4.69, 9.17) is 0 Å². The highest BCUT2D eigenvalue weighted by Crippen LogP contribution is 2.29. The minimum atomic E-state index is -1.05. The van der Waals surface area contributed by atoms with E-state index in [-0.39, 0.29) is 6.03 Å². The van der Waals surface area contributed by atoms with Crippen molar-refractivity contribution in [3.63, 3.8) is 0 Å². The van der Waals surface area contributed by atoms with Gasteiger partial charge >= 0.3 is 12.0 Å². The van der Waals surface area contributed by atoms with E-state index >= 15 is 0 Å². The van der Waals surface area contributed by atoms with Crippen LogP contribution in [0.3, 0.4) is 0 Å². The van der Waals surface area contributed by atoms with E-state index < -0.39 is 11.5 Å². The predicted molar refractivity (Wildman–Crippen MR) is 73.2 cm³/mol. The monoisotopic (exact) mass is 271 g/mol. The molecule has 0 aliphatic carbocycles. The molecule has 0 aromatic heterocycles. The molecule has 1 heterocycles. The van der Waals surface area contributed by atoms with Gasteiger partial charge in [0.25, 0.3) is 0 Å². The molecule has 1 unspecified atom stereocenters. The van der Waals surface area contributed by atoms with Crippen molar-refractivity contribution >= 4 is 12.0 Å². The molecule has 2 N–H and O–H groups in total. The van der Waals surface area contributed by atoms with Crippen LogP contribution in [0.4, 0.5) is 4.79 Å². The van der Waals surface area contributed by atoms with Gasteiger partial charge in [-0.1, -0.05) is 0 Å². The van der Waals surface area contributed by atoms with Crippen LogP contribution in [0.25, 0.3) is 0 Å². The fourth-order valence-corrected chi connectivity index (χ4v) is 2.35. The molecule has 0 spiro atoms. The van der Waals surface area contributed by atoms with E-state index in [1.807, 2.05) is 14.1 Å². The zero-order valence-electron chi connectivity index (χ0n) is 12.1. The summed E-state index contributed by atoms with van der Waals surface area (Å²) in [5.74, 6) is -0.923. The van der Waals surface area contributed by atoms with Crippen molar-refractivity contribution < 1.29 is 14.7 Å². The van der Waals surface area contributed by atoms with Crippen molar-refractivity contribution in [3.8, 4) is 0 Å². The first-order valence-electron chi connectivity index (χ1n) is 6.81. The molecule has 6 nitrogen and oxygen atoms in total. The maximum Gasteiger partial charge on any atom is 0.329 e. The molecule has 1 fully saturated rings. The van der Waals surface area contributed by atoms with Gasteiger partial charge < -0.3 is 20.2 Å². The smallest absolute Gasteiger partial charge is 0.329 e. The molecule has 0 saturated carbocycles. The quantitative estimate of drug-likeness (QED) is 0.706. The maximum absolute atomic E-state index is 12.0. The molecule has 2 amide bonds. The third-order valence-corrected chi connectivity index (χ3v) is 3.66. The van der Waals surface area contributed by atoms with E-state index in [0.717, 1.165) is 25.8 Å². The van der Waals surface area contributed by atoms with E-state index in [2.05, 4.69) is 10.2 Å². The molecule has 1 atom stereocenters. The number of carbonyl (C=O) groups excluding carboxylic acids is 1. The van der Waals surface area contributed by atoms with Crippen molar-refractivity contribution in [3.05, 3.63) is 0 Å². The second kappa shape index (κ2) is 6.75. The van der Waals surface area contributed by atoms with Gasteiger partial charge in [-0.3, -0.25) is 0 Å². The van der Waals surface area contributed by atoms with Crippen LogP contribution in [0.2, 0.25) is 0 Å². The summed E-state index contributed by atoms with van der Waals surface area (Å²) in [6.45, 7) is 3.73. The van der Waals surface area contributed by atoms with Gasteiger partial charge in [-0.15, -0.1) is 0 Å². The van der Waals surface area contributed by atoms with E-state index in [1.54, 1.807) is 6.92 Å². The molecule has 1 aliphatic rings. The second-order valence-electron chi connectivity index (χ2n) is 5.58. The Morgan fingerprint density at radius 1 is 1.37 bits per heavy atom. The lowest BCUT2D eigenvalue weighted by Gasteiger charge is -2.31. The molecule has 1 aliphatic heterocycles. The topological polar surface area (TPSA) is 72.9 Å². The van der Waals surface area contributed by atoms with Crippen LogP contribution in [0, 0.1) is 0 Å². The third-order valence-electron chi connectivity index (χ3n) is 3.66. The third kappa shape index (κ3) is 4.09. The number of carbonyl (C=O) groups is 2. The number of nitrogens with zero attached hydrogens (tertiary/aromatic N) is 2. The van der Waals surface area contributed by atoms with Gasteiger partial charge in [-0.05, 0) is 53.2 Å². The Balaban J connectivity index is 2.35. The van der Waals surface area contributed by atoms with Gasteiger partial charge in [0, 0.05) is 13.1 Å². The van der Waals surface area contributed by atoms with Crippen LogP contribution in [0.1, 0.15) is 32.6 Å². The molecule has 0 radical (unpaired) electrons. The molecule has 0 aromatic rings. The highest BCUT2D eigenvalue weighted by atomic mass is 16.4. The van der Waals surface area contributed by atoms with Crippen molar-refractivity contribution in [2.24, 2.45) is 0 Å². The maximum atomic E-state index is 12.0. The number of unbranched alkanes of at least 4 members (excludes halogenated alkanes) is 1. The summed E-state index contributed by atoms with van der Waals surface area (Å²) in [6.07, 6.45) is 3.19. The lowest BCUT2D eigenvalue weighted by Crippen LogP contribution is -2.54. The number of amides is 2. The average Bonchev–Trinajstić information content (AvgIpc) is 2.71. The Kier molecular flexibility index (Phi) is 5.60. The molecule has 0 bridgehead atoms. The van der Waals surface area contributed by atoms with Crippen molar-refractivity contribution in [1.29, 1.82) is 0 Å². The largest absolute Gasteiger partial charge is 0.480 e. The van der Waals surface area contributed by atoms with Crippen LogP contribution >= 0.6 is 0 Å². The van der Waals surface area contributed by atoms with Gasteiger partial charge in [0.1, 0.15) is 5.54 Å². The van der Waals surface area contributed by atoms with Gasteiger partial charge in [0.05, 0.1) is 0 Å². The van der Waals surface area contributed by atoms with Gasteiger partial charge in [-0.25, -0.2) is 9.59 Å². The Morgan fingerprint density at radius 2 is 2.05 bits per heavy atom. The summed E-state index contributed by atoms with van der Waals surface area (Å²) < 4.78 is 0. The second-order valence-corrected chi connectivity index (χ2v) is 5.58. The van der Waals surface area contributed by atoms with Gasteiger partial charge in [0.15, 0.2) is 0 Å². The number of hydrogen-bond acceptors (Lipinski definition) is 3. The number of aliphatic carboxylic acids is 1. The van der Waals surface area contributed by atoms with Crippen LogP contribution in [0.5, 0.6) is 0 Å². The molecular weight excluding hydrogens is 246 g/mol. The Morgan fingerprint density at radius 3 is 2.63 bits per heavy atom. The molecule has 1 saturated heterocycles. The van der Waals surface area contributed by atoms with Crippen molar-refractivity contribution in [2.45, 2.75) is 38.1 Å². The van der Waals surface area contributed by atoms with E-state index in [0.29, 0.717) is 19.5 Å². The van der Waals surface area contributed by atoms with Crippen molar-refractivity contribution in [1.82, 2.24) is 15.1 Å². The molecule has 110 valence electrons. The molecule has 0 aromatic carbocycles. The number of hydrogen-bond donors (Lipinski definition) is 2. The molecule has 19 heavy (non-hydrogen) atoms. The normalized spacial score (nSPS) is 22.8. The zero-order valence-corrected chi connectivity index (χ0v) is 12.1. The molecule has 1 rings (SSSR count). The number of rotatable bonds is 6. The molecular formula is C13H25N3O3. The standard InChI is InChI=1S/C13H25N3O3/c1-13(11(17)18)7-6-10-16(13)12(19)14-8-4-5-9-15(2)3/h4-10H2,1-3H3,(H,14,19)(H,17,18).